The van der Waals surface area contributed by atoms with Crippen molar-refractivity contribution in [1.82, 2.24) is 4.90 Å². The highest BCUT2D eigenvalue weighted by atomic mass is 15.2. The standard InChI is InChI=1S/C18H30N2/c1-5-18(4,20-12-7-6-8-13-20)17(19)16-11-9-10-14(2)15(16)3/h9-11,17H,5-8,12-13,19H2,1-4H3. The molecule has 1 heterocycles. The van der Waals surface area contributed by atoms with Gasteiger partial charge in [-0.1, -0.05) is 31.5 Å². The molecule has 1 aliphatic heterocycles. The number of hydrogen-bond donors (Lipinski definition) is 1. The van der Waals surface area contributed by atoms with Crippen LogP contribution in [-0.2, 0) is 0 Å². The Kier molecular flexibility index (Phi) is 4.87. The topological polar surface area (TPSA) is 29.3 Å². The molecular weight excluding hydrogens is 244 g/mol. The molecule has 1 aliphatic rings. The molecule has 2 atom stereocenters. The summed E-state index contributed by atoms with van der Waals surface area (Å²) >= 11 is 0. The average Bonchev–Trinajstić information content (AvgIpc) is 2.49. The van der Waals surface area contributed by atoms with E-state index in [1.807, 2.05) is 0 Å². The van der Waals surface area contributed by atoms with Crippen LogP contribution in [0.15, 0.2) is 18.2 Å². The molecule has 20 heavy (non-hydrogen) atoms. The van der Waals surface area contributed by atoms with Gasteiger partial charge in [-0.3, -0.25) is 4.90 Å². The van der Waals surface area contributed by atoms with E-state index in [0.717, 1.165) is 6.42 Å². The van der Waals surface area contributed by atoms with E-state index in [-0.39, 0.29) is 11.6 Å². The van der Waals surface area contributed by atoms with Crippen LogP contribution >= 0.6 is 0 Å². The zero-order valence-corrected chi connectivity index (χ0v) is 13.6. The Morgan fingerprint density at radius 2 is 1.85 bits per heavy atom. The summed E-state index contributed by atoms with van der Waals surface area (Å²) in [5.74, 6) is 0. The lowest BCUT2D eigenvalue weighted by atomic mass is 9.80. The zero-order valence-electron chi connectivity index (χ0n) is 13.6. The van der Waals surface area contributed by atoms with Gasteiger partial charge in [-0.15, -0.1) is 0 Å². The van der Waals surface area contributed by atoms with Crippen molar-refractivity contribution in [3.63, 3.8) is 0 Å². The maximum atomic E-state index is 6.74. The first kappa shape index (κ1) is 15.5. The molecule has 2 rings (SSSR count). The lowest BCUT2D eigenvalue weighted by Gasteiger charge is -2.47. The molecule has 0 aromatic heterocycles. The summed E-state index contributed by atoms with van der Waals surface area (Å²) in [6.45, 7) is 11.4. The summed E-state index contributed by atoms with van der Waals surface area (Å²) in [6, 6.07) is 6.62. The Hall–Kier alpha value is -0.860. The van der Waals surface area contributed by atoms with Gasteiger partial charge < -0.3 is 5.73 Å². The molecule has 2 unspecified atom stereocenters. The summed E-state index contributed by atoms with van der Waals surface area (Å²) in [7, 11) is 0. The van der Waals surface area contributed by atoms with Crippen LogP contribution < -0.4 is 5.73 Å². The molecule has 0 saturated carbocycles. The molecule has 0 bridgehead atoms. The van der Waals surface area contributed by atoms with Gasteiger partial charge in [0.15, 0.2) is 0 Å². The predicted molar refractivity (Wildman–Crippen MR) is 87.0 cm³/mol. The van der Waals surface area contributed by atoms with Crippen LogP contribution in [0.3, 0.4) is 0 Å². The highest BCUT2D eigenvalue weighted by Crippen LogP contribution is 2.36. The molecule has 2 heteroatoms. The molecule has 1 aromatic rings. The fraction of sp³-hybridized carbons (Fsp3) is 0.667. The first-order valence-corrected chi connectivity index (χ1v) is 8.07. The Morgan fingerprint density at radius 3 is 2.45 bits per heavy atom. The van der Waals surface area contributed by atoms with E-state index >= 15 is 0 Å². The maximum Gasteiger partial charge on any atom is 0.0482 e. The number of piperidine rings is 1. The summed E-state index contributed by atoms with van der Waals surface area (Å²) in [5, 5.41) is 0. The van der Waals surface area contributed by atoms with E-state index in [0.29, 0.717) is 0 Å². The van der Waals surface area contributed by atoms with Crippen molar-refractivity contribution < 1.29 is 0 Å². The second-order valence-electron chi connectivity index (χ2n) is 6.53. The molecule has 1 aromatic carbocycles. The summed E-state index contributed by atoms with van der Waals surface area (Å²) in [6.07, 6.45) is 5.10. The molecule has 1 fully saturated rings. The predicted octanol–water partition coefficient (Wildman–Crippen LogP) is 3.96. The average molecular weight is 274 g/mol. The van der Waals surface area contributed by atoms with Crippen LogP contribution in [0.1, 0.15) is 62.3 Å². The minimum absolute atomic E-state index is 0.0684. The van der Waals surface area contributed by atoms with Gasteiger partial charge in [0, 0.05) is 11.6 Å². The number of nitrogens with zero attached hydrogens (tertiary/aromatic N) is 1. The highest BCUT2D eigenvalue weighted by Gasteiger charge is 2.38. The second kappa shape index (κ2) is 6.28. The normalized spacial score (nSPS) is 21.4. The van der Waals surface area contributed by atoms with E-state index in [9.17, 15) is 0 Å². The van der Waals surface area contributed by atoms with Crippen LogP contribution in [0.2, 0.25) is 0 Å². The van der Waals surface area contributed by atoms with E-state index in [1.165, 1.54) is 49.0 Å². The van der Waals surface area contributed by atoms with E-state index in [2.05, 4.69) is 50.8 Å². The fourth-order valence-corrected chi connectivity index (χ4v) is 3.49. The lowest BCUT2D eigenvalue weighted by molar-refractivity contribution is 0.0541. The molecule has 1 saturated heterocycles. The number of aryl methyl sites for hydroxylation is 1. The van der Waals surface area contributed by atoms with Gasteiger partial charge in [-0.05, 0) is 69.8 Å². The largest absolute Gasteiger partial charge is 0.322 e. The second-order valence-corrected chi connectivity index (χ2v) is 6.53. The zero-order chi connectivity index (χ0) is 14.8. The Morgan fingerprint density at radius 1 is 1.20 bits per heavy atom. The minimum Gasteiger partial charge on any atom is -0.322 e. The van der Waals surface area contributed by atoms with Crippen LogP contribution in [0, 0.1) is 13.8 Å². The number of benzene rings is 1. The molecular formula is C18H30N2. The van der Waals surface area contributed by atoms with Crippen molar-refractivity contribution in [3.8, 4) is 0 Å². The van der Waals surface area contributed by atoms with Crippen LogP contribution in [-0.4, -0.2) is 23.5 Å². The first-order valence-electron chi connectivity index (χ1n) is 8.07. The summed E-state index contributed by atoms with van der Waals surface area (Å²) < 4.78 is 0. The van der Waals surface area contributed by atoms with Crippen molar-refractivity contribution in [2.75, 3.05) is 13.1 Å². The number of hydrogen-bond acceptors (Lipinski definition) is 2. The van der Waals surface area contributed by atoms with E-state index < -0.39 is 0 Å². The Balaban J connectivity index is 2.32. The van der Waals surface area contributed by atoms with Gasteiger partial charge >= 0.3 is 0 Å². The van der Waals surface area contributed by atoms with E-state index in [4.69, 9.17) is 5.73 Å². The third-order valence-electron chi connectivity index (χ3n) is 5.45. The van der Waals surface area contributed by atoms with Crippen LogP contribution in [0.25, 0.3) is 0 Å². The fourth-order valence-electron chi connectivity index (χ4n) is 3.49. The van der Waals surface area contributed by atoms with Crippen LogP contribution in [0.5, 0.6) is 0 Å². The molecule has 0 aliphatic carbocycles. The van der Waals surface area contributed by atoms with Crippen LogP contribution in [0.4, 0.5) is 0 Å². The van der Waals surface area contributed by atoms with Crippen molar-refractivity contribution in [3.05, 3.63) is 34.9 Å². The Labute approximate surface area is 124 Å². The maximum absolute atomic E-state index is 6.74. The quantitative estimate of drug-likeness (QED) is 0.900. The summed E-state index contributed by atoms with van der Waals surface area (Å²) in [5.41, 5.74) is 10.8. The molecule has 2 nitrogen and oxygen atoms in total. The number of likely N-dealkylation sites (tertiary alicyclic amines) is 1. The monoisotopic (exact) mass is 274 g/mol. The third-order valence-corrected chi connectivity index (χ3v) is 5.45. The molecule has 0 amide bonds. The van der Waals surface area contributed by atoms with Crippen molar-refractivity contribution >= 4 is 0 Å². The van der Waals surface area contributed by atoms with Crippen molar-refractivity contribution in [1.29, 1.82) is 0 Å². The SMILES string of the molecule is CCC(C)(C(N)c1cccc(C)c1C)N1CCCCC1. The first-order chi connectivity index (χ1) is 9.50. The highest BCUT2D eigenvalue weighted by molar-refractivity contribution is 5.37. The van der Waals surface area contributed by atoms with Gasteiger partial charge in [0.05, 0.1) is 0 Å². The smallest absolute Gasteiger partial charge is 0.0482 e. The molecule has 112 valence electrons. The van der Waals surface area contributed by atoms with E-state index in [1.54, 1.807) is 0 Å². The molecule has 0 spiro atoms. The van der Waals surface area contributed by atoms with Gasteiger partial charge in [-0.25, -0.2) is 0 Å². The van der Waals surface area contributed by atoms with Crippen molar-refractivity contribution in [2.24, 2.45) is 5.73 Å². The van der Waals surface area contributed by atoms with Crippen molar-refractivity contribution in [2.45, 2.75) is 65.0 Å². The Bertz CT molecular complexity index is 449. The third kappa shape index (κ3) is 2.77. The number of nitrogens with two attached hydrogens (primary N) is 1. The van der Waals surface area contributed by atoms with Gasteiger partial charge in [-0.2, -0.15) is 0 Å². The van der Waals surface area contributed by atoms with Gasteiger partial charge in [0.1, 0.15) is 0 Å². The number of rotatable bonds is 4. The molecule has 2 N–H and O–H groups in total. The minimum atomic E-state index is 0.0684. The molecule has 0 radical (unpaired) electrons. The van der Waals surface area contributed by atoms with Gasteiger partial charge in [0.25, 0.3) is 0 Å². The van der Waals surface area contributed by atoms with Gasteiger partial charge in [0.2, 0.25) is 0 Å². The summed E-state index contributed by atoms with van der Waals surface area (Å²) in [4.78, 5) is 2.63. The lowest BCUT2D eigenvalue weighted by Crippen LogP contribution is -2.54.